The van der Waals surface area contributed by atoms with Crippen LogP contribution in [0.3, 0.4) is 0 Å². The maximum atomic E-state index is 12.5. The van der Waals surface area contributed by atoms with E-state index in [1.165, 1.54) is 11.1 Å². The number of amides is 1. The largest absolute Gasteiger partial charge is 0.397 e. The van der Waals surface area contributed by atoms with E-state index in [0.717, 1.165) is 28.6 Å². The van der Waals surface area contributed by atoms with Crippen molar-refractivity contribution >= 4 is 33.2 Å². The standard InChI is InChI=1S/C17H17BrN2O/c1-10-6-14(18)9-15(19)16(10)20-17(21)13-7-11-4-2-3-5-12(11)8-13/h2-6,9,13H,7-8,19H2,1H3,(H,20,21). The normalized spacial score (nSPS) is 14.0. The predicted octanol–water partition coefficient (Wildman–Crippen LogP) is 3.69. The van der Waals surface area contributed by atoms with Crippen LogP contribution in [0.15, 0.2) is 40.9 Å². The molecule has 0 atom stereocenters. The van der Waals surface area contributed by atoms with Crippen LogP contribution in [-0.2, 0) is 17.6 Å². The molecular weight excluding hydrogens is 328 g/mol. The lowest BCUT2D eigenvalue weighted by Gasteiger charge is -2.15. The van der Waals surface area contributed by atoms with Gasteiger partial charge in [-0.3, -0.25) is 4.79 Å². The summed E-state index contributed by atoms with van der Waals surface area (Å²) in [5.41, 5.74) is 10.8. The molecule has 0 heterocycles. The first-order valence-corrected chi connectivity index (χ1v) is 7.77. The molecule has 1 aliphatic rings. The Morgan fingerprint density at radius 3 is 2.43 bits per heavy atom. The zero-order valence-electron chi connectivity index (χ0n) is 11.8. The summed E-state index contributed by atoms with van der Waals surface area (Å²) in [6, 6.07) is 12.0. The molecule has 0 saturated carbocycles. The average molecular weight is 345 g/mol. The smallest absolute Gasteiger partial charge is 0.228 e. The SMILES string of the molecule is Cc1cc(Br)cc(N)c1NC(=O)C1Cc2ccccc2C1. The third kappa shape index (κ3) is 2.81. The molecule has 0 saturated heterocycles. The van der Waals surface area contributed by atoms with Gasteiger partial charge in [0.1, 0.15) is 0 Å². The van der Waals surface area contributed by atoms with Gasteiger partial charge in [0.25, 0.3) is 0 Å². The molecule has 0 spiro atoms. The van der Waals surface area contributed by atoms with Crippen LogP contribution >= 0.6 is 15.9 Å². The molecule has 0 unspecified atom stereocenters. The highest BCUT2D eigenvalue weighted by atomic mass is 79.9. The second-order valence-corrected chi connectivity index (χ2v) is 6.47. The number of rotatable bonds is 2. The molecule has 21 heavy (non-hydrogen) atoms. The summed E-state index contributed by atoms with van der Waals surface area (Å²) in [5.74, 6) is 0.0353. The molecule has 0 aromatic heterocycles. The second-order valence-electron chi connectivity index (χ2n) is 5.55. The molecule has 4 heteroatoms. The van der Waals surface area contributed by atoms with Crippen molar-refractivity contribution in [1.29, 1.82) is 0 Å². The van der Waals surface area contributed by atoms with Crippen molar-refractivity contribution in [3.63, 3.8) is 0 Å². The number of benzene rings is 2. The lowest BCUT2D eigenvalue weighted by atomic mass is 10.0. The van der Waals surface area contributed by atoms with E-state index in [4.69, 9.17) is 5.73 Å². The molecule has 3 nitrogen and oxygen atoms in total. The monoisotopic (exact) mass is 344 g/mol. The van der Waals surface area contributed by atoms with Crippen LogP contribution in [0, 0.1) is 12.8 Å². The van der Waals surface area contributed by atoms with Crippen LogP contribution in [0.5, 0.6) is 0 Å². The average Bonchev–Trinajstić information content (AvgIpc) is 2.86. The van der Waals surface area contributed by atoms with Gasteiger partial charge >= 0.3 is 0 Å². The molecular formula is C17H17BrN2O. The number of anilines is 2. The van der Waals surface area contributed by atoms with Crippen molar-refractivity contribution in [2.75, 3.05) is 11.1 Å². The van der Waals surface area contributed by atoms with Gasteiger partial charge < -0.3 is 11.1 Å². The first kappa shape index (κ1) is 14.1. The van der Waals surface area contributed by atoms with Gasteiger partial charge in [-0.15, -0.1) is 0 Å². The highest BCUT2D eigenvalue weighted by Gasteiger charge is 2.27. The lowest BCUT2D eigenvalue weighted by molar-refractivity contribution is -0.119. The van der Waals surface area contributed by atoms with E-state index < -0.39 is 0 Å². The molecule has 2 aromatic carbocycles. The number of aryl methyl sites for hydroxylation is 1. The Morgan fingerprint density at radius 2 is 1.86 bits per heavy atom. The van der Waals surface area contributed by atoms with E-state index in [-0.39, 0.29) is 11.8 Å². The number of nitrogens with one attached hydrogen (secondary N) is 1. The van der Waals surface area contributed by atoms with E-state index in [9.17, 15) is 4.79 Å². The molecule has 0 bridgehead atoms. The number of fused-ring (bicyclic) bond motifs is 1. The zero-order valence-corrected chi connectivity index (χ0v) is 13.4. The fraction of sp³-hybridized carbons (Fsp3) is 0.235. The summed E-state index contributed by atoms with van der Waals surface area (Å²) in [6.45, 7) is 1.94. The number of halogens is 1. The van der Waals surface area contributed by atoms with Crippen molar-refractivity contribution in [2.24, 2.45) is 5.92 Å². The van der Waals surface area contributed by atoms with Gasteiger partial charge in [0.15, 0.2) is 0 Å². The Labute approximate surface area is 132 Å². The van der Waals surface area contributed by atoms with E-state index in [1.807, 2.05) is 31.2 Å². The van der Waals surface area contributed by atoms with Crippen LogP contribution < -0.4 is 11.1 Å². The third-order valence-electron chi connectivity index (χ3n) is 4.00. The van der Waals surface area contributed by atoms with Gasteiger partial charge in [-0.25, -0.2) is 0 Å². The summed E-state index contributed by atoms with van der Waals surface area (Å²) >= 11 is 3.41. The van der Waals surface area contributed by atoms with Crippen molar-refractivity contribution in [3.05, 3.63) is 57.6 Å². The molecule has 0 radical (unpaired) electrons. The Balaban J connectivity index is 1.77. The van der Waals surface area contributed by atoms with E-state index >= 15 is 0 Å². The van der Waals surface area contributed by atoms with Crippen molar-refractivity contribution < 1.29 is 4.79 Å². The molecule has 0 fully saturated rings. The number of nitrogen functional groups attached to an aromatic ring is 1. The van der Waals surface area contributed by atoms with Crippen LogP contribution in [0.25, 0.3) is 0 Å². The predicted molar refractivity (Wildman–Crippen MR) is 89.3 cm³/mol. The number of carbonyl (C=O) groups is 1. The van der Waals surface area contributed by atoms with Crippen LogP contribution in [-0.4, -0.2) is 5.91 Å². The van der Waals surface area contributed by atoms with Gasteiger partial charge in [-0.1, -0.05) is 40.2 Å². The van der Waals surface area contributed by atoms with E-state index in [1.54, 1.807) is 0 Å². The molecule has 2 aromatic rings. The maximum Gasteiger partial charge on any atom is 0.228 e. The minimum absolute atomic E-state index is 0.00940. The van der Waals surface area contributed by atoms with Crippen molar-refractivity contribution in [2.45, 2.75) is 19.8 Å². The minimum Gasteiger partial charge on any atom is -0.397 e. The summed E-state index contributed by atoms with van der Waals surface area (Å²) in [7, 11) is 0. The van der Waals surface area contributed by atoms with Gasteiger partial charge in [-0.2, -0.15) is 0 Å². The first-order chi connectivity index (χ1) is 10.0. The van der Waals surface area contributed by atoms with Crippen molar-refractivity contribution in [1.82, 2.24) is 0 Å². The molecule has 1 aliphatic carbocycles. The number of carbonyl (C=O) groups excluding carboxylic acids is 1. The fourth-order valence-electron chi connectivity index (χ4n) is 2.91. The van der Waals surface area contributed by atoms with Gasteiger partial charge in [-0.05, 0) is 48.6 Å². The molecule has 3 N–H and O–H groups in total. The molecule has 0 aliphatic heterocycles. The number of hydrogen-bond donors (Lipinski definition) is 2. The Morgan fingerprint density at radius 1 is 1.24 bits per heavy atom. The topological polar surface area (TPSA) is 55.1 Å². The number of hydrogen-bond acceptors (Lipinski definition) is 2. The van der Waals surface area contributed by atoms with Gasteiger partial charge in [0.2, 0.25) is 5.91 Å². The molecule has 1 amide bonds. The summed E-state index contributed by atoms with van der Waals surface area (Å²) in [5, 5.41) is 3.00. The number of nitrogens with two attached hydrogens (primary N) is 1. The van der Waals surface area contributed by atoms with Crippen LogP contribution in [0.2, 0.25) is 0 Å². The van der Waals surface area contributed by atoms with Crippen LogP contribution in [0.4, 0.5) is 11.4 Å². The third-order valence-corrected chi connectivity index (χ3v) is 4.46. The summed E-state index contributed by atoms with van der Waals surface area (Å²) in [4.78, 5) is 12.5. The minimum atomic E-state index is -0.00940. The lowest BCUT2D eigenvalue weighted by Crippen LogP contribution is -2.24. The quantitative estimate of drug-likeness (QED) is 0.816. The van der Waals surface area contributed by atoms with Gasteiger partial charge in [0, 0.05) is 10.4 Å². The van der Waals surface area contributed by atoms with Gasteiger partial charge in [0.05, 0.1) is 11.4 Å². The Hall–Kier alpha value is -1.81. The summed E-state index contributed by atoms with van der Waals surface area (Å²) in [6.07, 6.45) is 1.61. The Kier molecular flexibility index (Phi) is 3.72. The maximum absolute atomic E-state index is 12.5. The van der Waals surface area contributed by atoms with Crippen LogP contribution in [0.1, 0.15) is 16.7 Å². The van der Waals surface area contributed by atoms with E-state index in [0.29, 0.717) is 5.69 Å². The fourth-order valence-corrected chi connectivity index (χ4v) is 3.50. The highest BCUT2D eigenvalue weighted by Crippen LogP contribution is 2.31. The van der Waals surface area contributed by atoms with Crippen molar-refractivity contribution in [3.8, 4) is 0 Å². The second kappa shape index (κ2) is 5.53. The van der Waals surface area contributed by atoms with E-state index in [2.05, 4.69) is 33.4 Å². The first-order valence-electron chi connectivity index (χ1n) is 6.98. The molecule has 108 valence electrons. The Bertz CT molecular complexity index is 664. The molecule has 3 rings (SSSR count). The summed E-state index contributed by atoms with van der Waals surface area (Å²) < 4.78 is 0.920. The highest BCUT2D eigenvalue weighted by molar-refractivity contribution is 9.10. The zero-order chi connectivity index (χ0) is 15.0.